The number of non-ortho nitro benzene ring substituents is 1. The fourth-order valence-corrected chi connectivity index (χ4v) is 4.65. The molecule has 0 N–H and O–H groups in total. The van der Waals surface area contributed by atoms with Gasteiger partial charge in [-0.15, -0.1) is 0 Å². The molecule has 0 atom stereocenters. The van der Waals surface area contributed by atoms with Crippen LogP contribution in [0.2, 0.25) is 5.02 Å². The van der Waals surface area contributed by atoms with Crippen LogP contribution in [0.25, 0.3) is 23.0 Å². The molecule has 0 saturated carbocycles. The Morgan fingerprint density at radius 2 is 1.63 bits per heavy atom. The average Bonchev–Trinajstić information content (AvgIpc) is 3.39. The van der Waals surface area contributed by atoms with Crippen molar-refractivity contribution in [1.82, 2.24) is 19.6 Å². The van der Waals surface area contributed by atoms with Crippen molar-refractivity contribution in [3.63, 3.8) is 0 Å². The van der Waals surface area contributed by atoms with E-state index in [9.17, 15) is 14.9 Å². The van der Waals surface area contributed by atoms with E-state index in [0.29, 0.717) is 40.8 Å². The van der Waals surface area contributed by atoms with Crippen LogP contribution in [0.5, 0.6) is 0 Å². The Labute approximate surface area is 225 Å². The number of carbonyl (C=O) groups excluding carboxylic acids is 1. The minimum Gasteiger partial charge on any atom is -0.335 e. The van der Waals surface area contributed by atoms with Gasteiger partial charge in [0.1, 0.15) is 5.69 Å². The molecule has 1 aliphatic heterocycles. The molecular weight excluding hydrogens is 502 g/mol. The van der Waals surface area contributed by atoms with Gasteiger partial charge in [-0.1, -0.05) is 66.2 Å². The molecule has 3 aromatic carbocycles. The first-order chi connectivity index (χ1) is 18.5. The molecule has 1 aliphatic rings. The van der Waals surface area contributed by atoms with Crippen LogP contribution in [0.15, 0.2) is 91.0 Å². The average molecular weight is 528 g/mol. The van der Waals surface area contributed by atoms with Crippen molar-refractivity contribution >= 4 is 29.3 Å². The summed E-state index contributed by atoms with van der Waals surface area (Å²) in [5, 5.41) is 16.2. The Morgan fingerprint density at radius 3 is 2.32 bits per heavy atom. The first-order valence-electron chi connectivity index (χ1n) is 12.3. The predicted octanol–water partition coefficient (Wildman–Crippen LogP) is 5.57. The van der Waals surface area contributed by atoms with Crippen molar-refractivity contribution in [1.29, 1.82) is 0 Å². The molecule has 9 heteroatoms. The topological polar surface area (TPSA) is 84.5 Å². The normalized spacial score (nSPS) is 14.2. The highest BCUT2D eigenvalue weighted by molar-refractivity contribution is 6.32. The molecule has 1 aromatic heterocycles. The van der Waals surface area contributed by atoms with Crippen LogP contribution in [0.1, 0.15) is 16.1 Å². The molecule has 192 valence electrons. The number of rotatable bonds is 7. The Bertz CT molecular complexity index is 1460. The maximum absolute atomic E-state index is 13.7. The molecular formula is C29H26ClN5O3. The maximum Gasteiger partial charge on any atom is 0.272 e. The van der Waals surface area contributed by atoms with Crippen LogP contribution < -0.4 is 0 Å². The molecule has 4 aromatic rings. The number of halogens is 1. The second-order valence-corrected chi connectivity index (χ2v) is 9.40. The summed E-state index contributed by atoms with van der Waals surface area (Å²) in [5.41, 5.74) is 3.35. The van der Waals surface area contributed by atoms with Crippen LogP contribution in [-0.2, 0) is 0 Å². The fraction of sp³-hybridized carbons (Fsp3) is 0.172. The van der Waals surface area contributed by atoms with E-state index in [-0.39, 0.29) is 11.6 Å². The van der Waals surface area contributed by atoms with E-state index in [4.69, 9.17) is 11.6 Å². The number of nitro benzene ring substituents is 1. The number of nitro groups is 1. The van der Waals surface area contributed by atoms with Crippen LogP contribution >= 0.6 is 11.6 Å². The summed E-state index contributed by atoms with van der Waals surface area (Å²) >= 11 is 6.47. The number of hydrogen-bond acceptors (Lipinski definition) is 5. The lowest BCUT2D eigenvalue weighted by molar-refractivity contribution is -0.384. The first-order valence-corrected chi connectivity index (χ1v) is 12.7. The zero-order valence-corrected chi connectivity index (χ0v) is 21.4. The van der Waals surface area contributed by atoms with E-state index in [1.807, 2.05) is 41.3 Å². The molecule has 1 fully saturated rings. The minimum absolute atomic E-state index is 0.00734. The number of aromatic nitrogens is 2. The van der Waals surface area contributed by atoms with E-state index in [1.54, 1.807) is 28.9 Å². The quantitative estimate of drug-likeness (QED) is 0.232. The smallest absolute Gasteiger partial charge is 0.272 e. The maximum atomic E-state index is 13.7. The summed E-state index contributed by atoms with van der Waals surface area (Å²) in [4.78, 5) is 28.5. The monoisotopic (exact) mass is 527 g/mol. The standard InChI is InChI=1S/C29H26ClN5O3/c30-25-10-4-5-11-27(25)34-28(21-26(31-34)23-12-14-24(15-13-23)35(37)38)29(36)33-19-17-32(18-20-33)16-6-9-22-7-2-1-3-8-22/h1-15,21H,16-20H2. The fourth-order valence-electron chi connectivity index (χ4n) is 4.43. The predicted molar refractivity (Wildman–Crippen MR) is 148 cm³/mol. The zero-order chi connectivity index (χ0) is 26.5. The van der Waals surface area contributed by atoms with Gasteiger partial charge in [-0.25, -0.2) is 4.68 Å². The van der Waals surface area contributed by atoms with E-state index in [0.717, 1.165) is 25.2 Å². The Morgan fingerprint density at radius 1 is 0.947 bits per heavy atom. The number of benzene rings is 3. The number of nitrogens with zero attached hydrogens (tertiary/aromatic N) is 5. The third-order valence-corrected chi connectivity index (χ3v) is 6.84. The van der Waals surface area contributed by atoms with Gasteiger partial charge in [0, 0.05) is 50.4 Å². The van der Waals surface area contributed by atoms with Crippen LogP contribution in [0.4, 0.5) is 5.69 Å². The number of para-hydroxylation sites is 1. The lowest BCUT2D eigenvalue weighted by atomic mass is 10.1. The lowest BCUT2D eigenvalue weighted by Gasteiger charge is -2.34. The summed E-state index contributed by atoms with van der Waals surface area (Å²) < 4.78 is 1.57. The molecule has 8 nitrogen and oxygen atoms in total. The first kappa shape index (κ1) is 25.4. The minimum atomic E-state index is -0.446. The highest BCUT2D eigenvalue weighted by Gasteiger charge is 2.26. The third kappa shape index (κ3) is 5.66. The van der Waals surface area contributed by atoms with Gasteiger partial charge < -0.3 is 4.90 Å². The third-order valence-electron chi connectivity index (χ3n) is 6.52. The van der Waals surface area contributed by atoms with E-state index < -0.39 is 4.92 Å². The molecule has 1 saturated heterocycles. The van der Waals surface area contributed by atoms with Crippen molar-refractivity contribution in [3.05, 3.63) is 117 Å². The summed E-state index contributed by atoms with van der Waals surface area (Å²) in [6.07, 6.45) is 4.26. The van der Waals surface area contributed by atoms with Gasteiger partial charge >= 0.3 is 0 Å². The molecule has 1 amide bonds. The molecule has 38 heavy (non-hydrogen) atoms. The summed E-state index contributed by atoms with van der Waals surface area (Å²) in [5.74, 6) is -0.134. The highest BCUT2D eigenvalue weighted by atomic mass is 35.5. The van der Waals surface area contributed by atoms with Crippen molar-refractivity contribution in [2.24, 2.45) is 0 Å². The number of amides is 1. The molecule has 0 spiro atoms. The highest BCUT2D eigenvalue weighted by Crippen LogP contribution is 2.27. The SMILES string of the molecule is O=C(c1cc(-c2ccc([N+](=O)[O-])cc2)nn1-c1ccccc1Cl)N1CCN(CC=Cc2ccccc2)CC1. The van der Waals surface area contributed by atoms with Gasteiger partial charge in [0.2, 0.25) is 0 Å². The Hall–Kier alpha value is -4.27. The zero-order valence-electron chi connectivity index (χ0n) is 20.6. The molecule has 0 radical (unpaired) electrons. The Kier molecular flexibility index (Phi) is 7.62. The molecule has 0 bridgehead atoms. The number of hydrogen-bond donors (Lipinski definition) is 0. The van der Waals surface area contributed by atoms with Gasteiger partial charge in [-0.2, -0.15) is 5.10 Å². The van der Waals surface area contributed by atoms with Gasteiger partial charge in [-0.05, 0) is 35.9 Å². The van der Waals surface area contributed by atoms with Crippen molar-refractivity contribution in [3.8, 4) is 16.9 Å². The summed E-state index contributed by atoms with van der Waals surface area (Å²) in [6.45, 7) is 3.54. The van der Waals surface area contributed by atoms with Crippen LogP contribution in [0.3, 0.4) is 0 Å². The number of carbonyl (C=O) groups is 1. The second kappa shape index (κ2) is 11.4. The van der Waals surface area contributed by atoms with E-state index in [1.165, 1.54) is 12.1 Å². The van der Waals surface area contributed by atoms with E-state index >= 15 is 0 Å². The van der Waals surface area contributed by atoms with Gasteiger partial charge in [0.25, 0.3) is 11.6 Å². The summed E-state index contributed by atoms with van der Waals surface area (Å²) in [7, 11) is 0. The van der Waals surface area contributed by atoms with Crippen molar-refractivity contribution in [2.45, 2.75) is 0 Å². The summed E-state index contributed by atoms with van der Waals surface area (Å²) in [6, 6.07) is 25.2. The largest absolute Gasteiger partial charge is 0.335 e. The van der Waals surface area contributed by atoms with Crippen molar-refractivity contribution < 1.29 is 9.72 Å². The molecule has 0 unspecified atom stereocenters. The molecule has 5 rings (SSSR count). The van der Waals surface area contributed by atoms with Crippen molar-refractivity contribution in [2.75, 3.05) is 32.7 Å². The molecule has 0 aliphatic carbocycles. The molecule has 2 heterocycles. The Balaban J connectivity index is 1.34. The van der Waals surface area contributed by atoms with Crippen LogP contribution in [-0.4, -0.2) is 63.1 Å². The van der Waals surface area contributed by atoms with Crippen LogP contribution in [0, 0.1) is 10.1 Å². The van der Waals surface area contributed by atoms with Gasteiger partial charge in [-0.3, -0.25) is 19.8 Å². The van der Waals surface area contributed by atoms with E-state index in [2.05, 4.69) is 34.3 Å². The number of piperazine rings is 1. The second-order valence-electron chi connectivity index (χ2n) is 8.99. The lowest BCUT2D eigenvalue weighted by Crippen LogP contribution is -2.49. The van der Waals surface area contributed by atoms with Gasteiger partial charge in [0.05, 0.1) is 21.3 Å². The van der Waals surface area contributed by atoms with Gasteiger partial charge in [0.15, 0.2) is 0 Å².